The maximum atomic E-state index is 12.8. The molecule has 5 heteroatoms. The smallest absolute Gasteiger partial charge is 0.337 e. The summed E-state index contributed by atoms with van der Waals surface area (Å²) in [6.45, 7) is 7.56. The molecule has 1 atom stereocenters. The number of rotatable bonds is 2. The molecular weight excluding hydrogens is 320 g/mol. The van der Waals surface area contributed by atoms with Gasteiger partial charge in [0.25, 0.3) is 0 Å². The molecule has 2 heterocycles. The molecule has 2 aliphatic heterocycles. The first-order chi connectivity index (χ1) is 9.36. The highest BCUT2D eigenvalue weighted by Gasteiger charge is 2.50. The minimum Gasteiger partial charge on any atom is -0.458 e. The van der Waals surface area contributed by atoms with Crippen molar-refractivity contribution >= 4 is 21.9 Å². The molecule has 2 N–H and O–H groups in total. The molecule has 0 bridgehead atoms. The Bertz CT molecular complexity index is 434. The number of carbonyl (C=O) groups is 1. The van der Waals surface area contributed by atoms with Crippen molar-refractivity contribution < 1.29 is 9.53 Å². The van der Waals surface area contributed by atoms with Gasteiger partial charge >= 0.3 is 5.97 Å². The van der Waals surface area contributed by atoms with E-state index in [1.807, 2.05) is 39.1 Å². The molecule has 20 heavy (non-hydrogen) atoms. The summed E-state index contributed by atoms with van der Waals surface area (Å²) in [7, 11) is 0. The molecule has 2 aliphatic rings. The number of esters is 1. The molecule has 0 aromatic rings. The maximum absolute atomic E-state index is 12.8. The zero-order valence-corrected chi connectivity index (χ0v) is 13.9. The van der Waals surface area contributed by atoms with Gasteiger partial charge < -0.3 is 15.4 Å². The zero-order valence-electron chi connectivity index (χ0n) is 12.3. The van der Waals surface area contributed by atoms with Gasteiger partial charge in [0.15, 0.2) is 5.54 Å². The van der Waals surface area contributed by atoms with Gasteiger partial charge in [-0.05, 0) is 71.0 Å². The van der Waals surface area contributed by atoms with Crippen LogP contribution in [0.15, 0.2) is 22.8 Å². The topological polar surface area (TPSA) is 50.4 Å². The Balaban J connectivity index is 2.31. The standard InChI is InChI=1S/C15H23BrN2O2/c1-14(2,3)20-13(19)15(11-6-9-17-10-7-11)12(16)5-4-8-18-15/h4-5,8,11,17-18H,6-7,9-10H2,1-3H3. The second-order valence-corrected chi connectivity index (χ2v) is 7.21. The largest absolute Gasteiger partial charge is 0.458 e. The number of hydrogen-bond acceptors (Lipinski definition) is 4. The van der Waals surface area contributed by atoms with Crippen molar-refractivity contribution in [1.29, 1.82) is 0 Å². The van der Waals surface area contributed by atoms with Gasteiger partial charge in [-0.1, -0.05) is 15.9 Å². The highest BCUT2D eigenvalue weighted by molar-refractivity contribution is 9.11. The number of halogens is 1. The van der Waals surface area contributed by atoms with Gasteiger partial charge in [-0.25, -0.2) is 4.79 Å². The summed E-state index contributed by atoms with van der Waals surface area (Å²) in [6.07, 6.45) is 7.55. The molecule has 0 radical (unpaired) electrons. The molecule has 0 saturated carbocycles. The van der Waals surface area contributed by atoms with Gasteiger partial charge in [0.2, 0.25) is 0 Å². The molecule has 1 unspecified atom stereocenters. The van der Waals surface area contributed by atoms with Gasteiger partial charge in [0.1, 0.15) is 5.60 Å². The lowest BCUT2D eigenvalue weighted by Crippen LogP contribution is -2.60. The lowest BCUT2D eigenvalue weighted by molar-refractivity contribution is -0.163. The first-order valence-electron chi connectivity index (χ1n) is 7.11. The van der Waals surface area contributed by atoms with Crippen LogP contribution in [0.2, 0.25) is 0 Å². The van der Waals surface area contributed by atoms with Crippen LogP contribution in [0.3, 0.4) is 0 Å². The third-order valence-electron chi connectivity index (χ3n) is 3.70. The average Bonchev–Trinajstić information content (AvgIpc) is 2.38. The molecule has 1 fully saturated rings. The molecule has 4 nitrogen and oxygen atoms in total. The number of piperidine rings is 1. The molecule has 0 aromatic carbocycles. The SMILES string of the molecule is CC(C)(C)OC(=O)C1(C2CCNCC2)NC=CC=C1Br. The Morgan fingerprint density at radius 2 is 2.05 bits per heavy atom. The lowest BCUT2D eigenvalue weighted by Gasteiger charge is -2.43. The van der Waals surface area contributed by atoms with Gasteiger partial charge in [-0.15, -0.1) is 0 Å². The van der Waals surface area contributed by atoms with Crippen LogP contribution in [0.4, 0.5) is 0 Å². The first-order valence-corrected chi connectivity index (χ1v) is 7.90. The van der Waals surface area contributed by atoms with Gasteiger partial charge in [-0.2, -0.15) is 0 Å². The maximum Gasteiger partial charge on any atom is 0.337 e. The summed E-state index contributed by atoms with van der Waals surface area (Å²) < 4.78 is 6.53. The Morgan fingerprint density at radius 3 is 2.60 bits per heavy atom. The fourth-order valence-corrected chi connectivity index (χ4v) is 3.51. The van der Waals surface area contributed by atoms with Crippen molar-refractivity contribution in [2.24, 2.45) is 5.92 Å². The van der Waals surface area contributed by atoms with Gasteiger partial charge in [0.05, 0.1) is 0 Å². The van der Waals surface area contributed by atoms with Crippen LogP contribution in [-0.4, -0.2) is 30.2 Å². The number of ether oxygens (including phenoxy) is 1. The van der Waals surface area contributed by atoms with Crippen molar-refractivity contribution in [3.63, 3.8) is 0 Å². The van der Waals surface area contributed by atoms with Crippen LogP contribution in [0.5, 0.6) is 0 Å². The number of allylic oxidation sites excluding steroid dienone is 2. The van der Waals surface area contributed by atoms with Crippen LogP contribution in [0.25, 0.3) is 0 Å². The summed E-state index contributed by atoms with van der Waals surface area (Å²) in [5.74, 6) is 0.0125. The average molecular weight is 343 g/mol. The molecule has 0 amide bonds. The van der Waals surface area contributed by atoms with Crippen molar-refractivity contribution in [3.05, 3.63) is 22.8 Å². The molecule has 2 rings (SSSR count). The Labute approximate surface area is 129 Å². The fraction of sp³-hybridized carbons (Fsp3) is 0.667. The number of hydrogen-bond donors (Lipinski definition) is 2. The Kier molecular flexibility index (Phi) is 4.59. The van der Waals surface area contributed by atoms with Crippen LogP contribution >= 0.6 is 15.9 Å². The summed E-state index contributed by atoms with van der Waals surface area (Å²) in [6, 6.07) is 0. The summed E-state index contributed by atoms with van der Waals surface area (Å²) in [5.41, 5.74) is -1.28. The van der Waals surface area contributed by atoms with E-state index >= 15 is 0 Å². The second-order valence-electron chi connectivity index (χ2n) is 6.35. The number of nitrogens with one attached hydrogen (secondary N) is 2. The highest BCUT2D eigenvalue weighted by Crippen LogP contribution is 2.39. The molecule has 0 aliphatic carbocycles. The van der Waals surface area contributed by atoms with Crippen molar-refractivity contribution in [3.8, 4) is 0 Å². The van der Waals surface area contributed by atoms with E-state index in [1.54, 1.807) is 0 Å². The monoisotopic (exact) mass is 342 g/mol. The number of carbonyl (C=O) groups excluding carboxylic acids is 1. The van der Waals surface area contributed by atoms with Crippen molar-refractivity contribution in [1.82, 2.24) is 10.6 Å². The van der Waals surface area contributed by atoms with Crippen LogP contribution in [0.1, 0.15) is 33.6 Å². The Morgan fingerprint density at radius 1 is 1.40 bits per heavy atom. The van der Waals surface area contributed by atoms with E-state index in [9.17, 15) is 4.79 Å². The summed E-state index contributed by atoms with van der Waals surface area (Å²) >= 11 is 3.58. The van der Waals surface area contributed by atoms with Crippen molar-refractivity contribution in [2.45, 2.75) is 44.8 Å². The van der Waals surface area contributed by atoms with Gasteiger partial charge in [-0.3, -0.25) is 0 Å². The highest BCUT2D eigenvalue weighted by atomic mass is 79.9. The third kappa shape index (κ3) is 3.09. The van der Waals surface area contributed by atoms with E-state index in [0.29, 0.717) is 0 Å². The number of dihydropyridines is 1. The molecule has 112 valence electrons. The third-order valence-corrected chi connectivity index (χ3v) is 4.59. The first kappa shape index (κ1) is 15.6. The summed E-state index contributed by atoms with van der Waals surface area (Å²) in [5, 5.41) is 6.62. The van der Waals surface area contributed by atoms with Crippen LogP contribution in [-0.2, 0) is 9.53 Å². The van der Waals surface area contributed by atoms with E-state index in [-0.39, 0.29) is 11.9 Å². The molecule has 1 saturated heterocycles. The normalized spacial score (nSPS) is 27.7. The van der Waals surface area contributed by atoms with Crippen LogP contribution < -0.4 is 10.6 Å². The minimum atomic E-state index is -0.788. The van der Waals surface area contributed by atoms with Gasteiger partial charge in [0, 0.05) is 4.48 Å². The fourth-order valence-electron chi connectivity index (χ4n) is 2.76. The van der Waals surface area contributed by atoms with E-state index in [2.05, 4.69) is 26.6 Å². The quantitative estimate of drug-likeness (QED) is 0.757. The zero-order chi connectivity index (χ0) is 14.8. The molecular formula is C15H23BrN2O2. The van der Waals surface area contributed by atoms with E-state index < -0.39 is 11.1 Å². The van der Waals surface area contributed by atoms with Crippen LogP contribution in [0, 0.1) is 5.92 Å². The molecule has 0 spiro atoms. The molecule has 0 aromatic heterocycles. The van der Waals surface area contributed by atoms with E-state index in [4.69, 9.17) is 4.74 Å². The second kappa shape index (κ2) is 5.90. The Hall–Kier alpha value is -0.810. The summed E-state index contributed by atoms with van der Waals surface area (Å²) in [4.78, 5) is 12.8. The van der Waals surface area contributed by atoms with Crippen molar-refractivity contribution in [2.75, 3.05) is 13.1 Å². The van der Waals surface area contributed by atoms with E-state index in [1.165, 1.54) is 0 Å². The predicted octanol–water partition coefficient (Wildman–Crippen LogP) is 2.46. The predicted molar refractivity (Wildman–Crippen MR) is 83.5 cm³/mol. The minimum absolute atomic E-state index is 0.204. The van der Waals surface area contributed by atoms with E-state index in [0.717, 1.165) is 30.4 Å². The lowest BCUT2D eigenvalue weighted by atomic mass is 9.76.